The Morgan fingerprint density at radius 3 is 2.70 bits per heavy atom. The van der Waals surface area contributed by atoms with Gasteiger partial charge in [-0.25, -0.2) is 14.6 Å². The predicted molar refractivity (Wildman–Crippen MR) is 113 cm³/mol. The maximum absolute atomic E-state index is 9.85. The van der Waals surface area contributed by atoms with Gasteiger partial charge in [-0.3, -0.25) is 0 Å². The lowest BCUT2D eigenvalue weighted by Crippen LogP contribution is -2.14. The van der Waals surface area contributed by atoms with E-state index in [4.69, 9.17) is 26.8 Å². The van der Waals surface area contributed by atoms with Crippen molar-refractivity contribution in [2.75, 3.05) is 19.8 Å². The Hall–Kier alpha value is -2.52. The molecule has 1 aliphatic rings. The van der Waals surface area contributed by atoms with E-state index in [1.807, 2.05) is 19.2 Å². The molecule has 0 amide bonds. The van der Waals surface area contributed by atoms with E-state index < -0.39 is 6.10 Å². The average molecular weight is 430 g/mol. The number of aliphatic hydroxyl groups excluding tert-OH is 1. The molecule has 158 valence electrons. The lowest BCUT2D eigenvalue weighted by Gasteiger charge is -2.19. The first-order valence-corrected chi connectivity index (χ1v) is 10.2. The number of nitrogens with zero attached hydrogens (tertiary/aromatic N) is 4. The second-order valence-corrected chi connectivity index (χ2v) is 7.69. The number of rotatable bonds is 6. The first-order valence-electron chi connectivity index (χ1n) is 9.84. The zero-order valence-corrected chi connectivity index (χ0v) is 17.4. The minimum Gasteiger partial charge on any atom is -0.438 e. The highest BCUT2D eigenvalue weighted by Crippen LogP contribution is 2.35. The molecule has 1 aromatic carbocycles. The summed E-state index contributed by atoms with van der Waals surface area (Å²) in [5.74, 6) is 1.96. The highest BCUT2D eigenvalue weighted by atomic mass is 35.5. The number of hydrogen-bond acceptors (Lipinski definition) is 7. The molecular weight excluding hydrogens is 406 g/mol. The molecule has 3 N–H and O–H groups in total. The van der Waals surface area contributed by atoms with Gasteiger partial charge in [0.1, 0.15) is 5.75 Å². The summed E-state index contributed by atoms with van der Waals surface area (Å²) in [4.78, 5) is 8.73. The topological polar surface area (TPSA) is 108 Å². The van der Waals surface area contributed by atoms with E-state index in [0.717, 1.165) is 31.7 Å². The fourth-order valence-corrected chi connectivity index (χ4v) is 3.59. The average Bonchev–Trinajstić information content (AvgIpc) is 3.14. The van der Waals surface area contributed by atoms with Crippen molar-refractivity contribution in [2.24, 2.45) is 12.8 Å². The summed E-state index contributed by atoms with van der Waals surface area (Å²) in [6.45, 7) is 1.61. The molecule has 8 nitrogen and oxygen atoms in total. The van der Waals surface area contributed by atoms with E-state index in [-0.39, 0.29) is 6.54 Å². The van der Waals surface area contributed by atoms with Crippen LogP contribution in [-0.4, -0.2) is 44.6 Å². The van der Waals surface area contributed by atoms with Crippen molar-refractivity contribution in [3.63, 3.8) is 0 Å². The molecule has 2 aromatic heterocycles. The fourth-order valence-electron chi connectivity index (χ4n) is 3.42. The third-order valence-electron chi connectivity index (χ3n) is 5.17. The lowest BCUT2D eigenvalue weighted by atomic mass is 9.97. The fraction of sp³-hybridized carbons (Fsp3) is 0.381. The largest absolute Gasteiger partial charge is 0.438 e. The highest BCUT2D eigenvalue weighted by Gasteiger charge is 2.21. The van der Waals surface area contributed by atoms with Crippen LogP contribution in [0.3, 0.4) is 0 Å². The van der Waals surface area contributed by atoms with Gasteiger partial charge in [0.2, 0.25) is 5.88 Å². The van der Waals surface area contributed by atoms with Crippen molar-refractivity contribution in [3.05, 3.63) is 52.9 Å². The van der Waals surface area contributed by atoms with Crippen LogP contribution in [0.15, 0.2) is 36.7 Å². The molecule has 1 fully saturated rings. The number of nitrogens with two attached hydrogens (primary N) is 1. The summed E-state index contributed by atoms with van der Waals surface area (Å²) in [5, 5.41) is 15.0. The van der Waals surface area contributed by atoms with Crippen LogP contribution in [-0.2, 0) is 11.8 Å². The Morgan fingerprint density at radius 1 is 1.27 bits per heavy atom. The Kier molecular flexibility index (Phi) is 6.29. The number of halogens is 1. The third kappa shape index (κ3) is 4.46. The van der Waals surface area contributed by atoms with Gasteiger partial charge in [-0.15, -0.1) is 0 Å². The minimum atomic E-state index is -0.793. The van der Waals surface area contributed by atoms with Gasteiger partial charge in [-0.2, -0.15) is 5.10 Å². The lowest BCUT2D eigenvalue weighted by molar-refractivity contribution is 0.0844. The Labute approximate surface area is 179 Å². The van der Waals surface area contributed by atoms with Crippen molar-refractivity contribution in [1.29, 1.82) is 0 Å². The quantitative estimate of drug-likeness (QED) is 0.619. The molecule has 3 aromatic rings. The van der Waals surface area contributed by atoms with E-state index in [1.54, 1.807) is 29.2 Å². The zero-order valence-electron chi connectivity index (χ0n) is 16.7. The van der Waals surface area contributed by atoms with Crippen molar-refractivity contribution in [2.45, 2.75) is 24.9 Å². The first-order chi connectivity index (χ1) is 14.5. The molecular formula is C21H24ClN5O3. The molecule has 0 aliphatic carbocycles. The number of aromatic nitrogens is 4. The summed E-state index contributed by atoms with van der Waals surface area (Å²) in [5.41, 5.74) is 7.73. The van der Waals surface area contributed by atoms with Crippen LogP contribution in [0.5, 0.6) is 11.6 Å². The van der Waals surface area contributed by atoms with E-state index in [1.165, 1.54) is 0 Å². The van der Waals surface area contributed by atoms with Crippen LogP contribution < -0.4 is 10.5 Å². The summed E-state index contributed by atoms with van der Waals surface area (Å²) in [6.07, 6.45) is 4.23. The van der Waals surface area contributed by atoms with E-state index >= 15 is 0 Å². The van der Waals surface area contributed by atoms with E-state index in [2.05, 4.69) is 15.1 Å². The molecule has 0 spiro atoms. The van der Waals surface area contributed by atoms with Crippen LogP contribution >= 0.6 is 11.6 Å². The Balaban J connectivity index is 1.62. The standard InChI is InChI=1S/C21H24ClN5O3/c1-27-20(9-17(26-27)13-4-6-29-7-5-13)30-19-8-15(22)2-3-16(19)21-24-11-14(12-25-21)18(28)10-23/h2-3,8-9,11-13,18,28H,4-7,10,23H2,1H3. The molecule has 1 aliphatic heterocycles. The van der Waals surface area contributed by atoms with Crippen molar-refractivity contribution < 1.29 is 14.6 Å². The number of aliphatic hydroxyl groups is 1. The SMILES string of the molecule is Cn1nc(C2CCOCC2)cc1Oc1cc(Cl)ccc1-c1ncc(C(O)CN)cn1. The minimum absolute atomic E-state index is 0.105. The molecule has 0 bridgehead atoms. The number of aryl methyl sites for hydroxylation is 1. The van der Waals surface area contributed by atoms with Gasteiger partial charge >= 0.3 is 0 Å². The van der Waals surface area contributed by atoms with Crippen LogP contribution in [0.4, 0.5) is 0 Å². The van der Waals surface area contributed by atoms with Gasteiger partial charge < -0.3 is 20.3 Å². The van der Waals surface area contributed by atoms with Gasteiger partial charge in [0, 0.05) is 67.8 Å². The number of hydrogen-bond donors (Lipinski definition) is 2. The predicted octanol–water partition coefficient (Wildman–Crippen LogP) is 3.21. The van der Waals surface area contributed by atoms with Gasteiger partial charge in [0.05, 0.1) is 17.4 Å². The summed E-state index contributed by atoms with van der Waals surface area (Å²) in [7, 11) is 1.85. The van der Waals surface area contributed by atoms with Crippen molar-refractivity contribution in [1.82, 2.24) is 19.7 Å². The van der Waals surface area contributed by atoms with Gasteiger partial charge in [-0.1, -0.05) is 11.6 Å². The molecule has 1 saturated heterocycles. The van der Waals surface area contributed by atoms with Crippen LogP contribution in [0.1, 0.15) is 36.1 Å². The molecule has 3 heterocycles. The molecule has 0 saturated carbocycles. The molecule has 9 heteroatoms. The number of ether oxygens (including phenoxy) is 2. The second-order valence-electron chi connectivity index (χ2n) is 7.25. The van der Waals surface area contributed by atoms with E-state index in [0.29, 0.717) is 39.5 Å². The molecule has 4 rings (SSSR count). The van der Waals surface area contributed by atoms with Crippen LogP contribution in [0.2, 0.25) is 5.02 Å². The molecule has 30 heavy (non-hydrogen) atoms. The molecule has 1 atom stereocenters. The maximum Gasteiger partial charge on any atom is 0.217 e. The van der Waals surface area contributed by atoms with Crippen LogP contribution in [0.25, 0.3) is 11.4 Å². The summed E-state index contributed by atoms with van der Waals surface area (Å²) >= 11 is 6.22. The Bertz CT molecular complexity index is 1000. The van der Waals surface area contributed by atoms with Gasteiger partial charge in [0.15, 0.2) is 5.82 Å². The summed E-state index contributed by atoms with van der Waals surface area (Å²) in [6, 6.07) is 7.25. The summed E-state index contributed by atoms with van der Waals surface area (Å²) < 4.78 is 13.3. The monoisotopic (exact) mass is 429 g/mol. The maximum atomic E-state index is 9.85. The normalized spacial score (nSPS) is 15.9. The number of benzene rings is 1. The Morgan fingerprint density at radius 2 is 2.00 bits per heavy atom. The van der Waals surface area contributed by atoms with Crippen molar-refractivity contribution in [3.8, 4) is 23.0 Å². The first kappa shape index (κ1) is 20.7. The van der Waals surface area contributed by atoms with Crippen LogP contribution in [0, 0.1) is 0 Å². The second kappa shape index (κ2) is 9.09. The van der Waals surface area contributed by atoms with Crippen molar-refractivity contribution >= 4 is 11.6 Å². The van der Waals surface area contributed by atoms with E-state index in [9.17, 15) is 5.11 Å². The zero-order chi connectivity index (χ0) is 21.1. The van der Waals surface area contributed by atoms with Gasteiger partial charge in [-0.05, 0) is 25.0 Å². The molecule has 1 unspecified atom stereocenters. The third-order valence-corrected chi connectivity index (χ3v) is 5.41. The molecule has 0 radical (unpaired) electrons. The smallest absolute Gasteiger partial charge is 0.217 e. The van der Waals surface area contributed by atoms with Gasteiger partial charge in [0.25, 0.3) is 0 Å². The highest BCUT2D eigenvalue weighted by molar-refractivity contribution is 6.30.